The van der Waals surface area contributed by atoms with Crippen LogP contribution in [0, 0.1) is 6.92 Å². The minimum Gasteiger partial charge on any atom is -0.340 e. The second kappa shape index (κ2) is 5.69. The summed E-state index contributed by atoms with van der Waals surface area (Å²) in [6.07, 6.45) is 2.13. The SMILES string of the molecule is CCNCc1cccc2ccn(Cc3nnc(C)n3C)c12. The maximum Gasteiger partial charge on any atom is 0.152 e. The summed E-state index contributed by atoms with van der Waals surface area (Å²) >= 11 is 0. The Morgan fingerprint density at radius 1 is 1.19 bits per heavy atom. The van der Waals surface area contributed by atoms with Crippen LogP contribution in [0.15, 0.2) is 30.5 Å². The number of fused-ring (bicyclic) bond motifs is 1. The van der Waals surface area contributed by atoms with Gasteiger partial charge in [0.15, 0.2) is 5.82 Å². The Morgan fingerprint density at radius 3 is 2.76 bits per heavy atom. The fraction of sp³-hybridized carbons (Fsp3) is 0.375. The van der Waals surface area contributed by atoms with Crippen LogP contribution in [0.1, 0.15) is 24.1 Å². The normalized spacial score (nSPS) is 11.4. The number of hydrogen-bond donors (Lipinski definition) is 1. The molecule has 2 heterocycles. The number of aryl methyl sites for hydroxylation is 1. The summed E-state index contributed by atoms with van der Waals surface area (Å²) in [7, 11) is 2.01. The van der Waals surface area contributed by atoms with E-state index in [-0.39, 0.29) is 0 Å². The fourth-order valence-corrected chi connectivity index (χ4v) is 2.62. The first-order valence-electron chi connectivity index (χ1n) is 7.33. The average Bonchev–Trinajstić information content (AvgIpc) is 3.04. The molecular formula is C16H21N5. The molecule has 2 aromatic heterocycles. The van der Waals surface area contributed by atoms with Gasteiger partial charge < -0.3 is 14.5 Å². The minimum absolute atomic E-state index is 0.740. The molecule has 0 saturated carbocycles. The summed E-state index contributed by atoms with van der Waals surface area (Å²) in [5, 5.41) is 13.1. The maximum atomic E-state index is 4.27. The number of para-hydroxylation sites is 1. The monoisotopic (exact) mass is 283 g/mol. The molecule has 21 heavy (non-hydrogen) atoms. The van der Waals surface area contributed by atoms with E-state index in [4.69, 9.17) is 0 Å². The van der Waals surface area contributed by atoms with E-state index in [0.717, 1.165) is 31.3 Å². The van der Waals surface area contributed by atoms with E-state index in [1.807, 2.05) is 18.5 Å². The van der Waals surface area contributed by atoms with E-state index in [2.05, 4.69) is 57.5 Å². The third-order valence-corrected chi connectivity index (χ3v) is 3.93. The van der Waals surface area contributed by atoms with E-state index in [1.165, 1.54) is 16.5 Å². The Labute approximate surface area is 124 Å². The van der Waals surface area contributed by atoms with Crippen molar-refractivity contribution in [3.63, 3.8) is 0 Å². The summed E-state index contributed by atoms with van der Waals surface area (Å²) in [5.41, 5.74) is 2.59. The molecule has 110 valence electrons. The van der Waals surface area contributed by atoms with E-state index >= 15 is 0 Å². The van der Waals surface area contributed by atoms with Crippen molar-refractivity contribution >= 4 is 10.9 Å². The van der Waals surface area contributed by atoms with Gasteiger partial charge in [-0.1, -0.05) is 25.1 Å². The third-order valence-electron chi connectivity index (χ3n) is 3.93. The molecule has 5 heteroatoms. The molecule has 1 N–H and O–H groups in total. The lowest BCUT2D eigenvalue weighted by molar-refractivity contribution is 0.697. The van der Waals surface area contributed by atoms with Gasteiger partial charge in [-0.15, -0.1) is 10.2 Å². The molecule has 0 fully saturated rings. The zero-order valence-electron chi connectivity index (χ0n) is 12.8. The van der Waals surface area contributed by atoms with Gasteiger partial charge in [0.05, 0.1) is 12.1 Å². The van der Waals surface area contributed by atoms with Crippen molar-refractivity contribution in [2.24, 2.45) is 7.05 Å². The molecule has 0 radical (unpaired) electrons. The van der Waals surface area contributed by atoms with E-state index < -0.39 is 0 Å². The highest BCUT2D eigenvalue weighted by Gasteiger charge is 2.10. The van der Waals surface area contributed by atoms with Crippen molar-refractivity contribution in [3.8, 4) is 0 Å². The van der Waals surface area contributed by atoms with Crippen LogP contribution in [0.25, 0.3) is 10.9 Å². The van der Waals surface area contributed by atoms with Crippen LogP contribution < -0.4 is 5.32 Å². The lowest BCUT2D eigenvalue weighted by Gasteiger charge is -2.10. The molecule has 0 aliphatic carbocycles. The minimum atomic E-state index is 0.740. The zero-order chi connectivity index (χ0) is 14.8. The molecule has 0 saturated heterocycles. The van der Waals surface area contributed by atoms with Crippen molar-refractivity contribution in [3.05, 3.63) is 47.7 Å². The van der Waals surface area contributed by atoms with Gasteiger partial charge in [0, 0.05) is 19.8 Å². The number of benzene rings is 1. The Hall–Kier alpha value is -2.14. The summed E-state index contributed by atoms with van der Waals surface area (Å²) < 4.78 is 4.30. The van der Waals surface area contributed by atoms with Gasteiger partial charge in [-0.25, -0.2) is 0 Å². The van der Waals surface area contributed by atoms with Crippen LogP contribution >= 0.6 is 0 Å². The van der Waals surface area contributed by atoms with Crippen molar-refractivity contribution < 1.29 is 0 Å². The summed E-state index contributed by atoms with van der Waals surface area (Å²) in [5.74, 6) is 1.91. The van der Waals surface area contributed by atoms with E-state index in [0.29, 0.717) is 0 Å². The number of nitrogens with zero attached hydrogens (tertiary/aromatic N) is 4. The number of hydrogen-bond acceptors (Lipinski definition) is 3. The Balaban J connectivity index is 2.00. The van der Waals surface area contributed by atoms with Crippen molar-refractivity contribution in [2.75, 3.05) is 6.54 Å². The standard InChI is InChI=1S/C16H21N5/c1-4-17-10-14-7-5-6-13-8-9-21(16(13)14)11-15-19-18-12(2)20(15)3/h5-9,17H,4,10-11H2,1-3H3. The molecule has 0 amide bonds. The first-order chi connectivity index (χ1) is 10.2. The first-order valence-corrected chi connectivity index (χ1v) is 7.33. The van der Waals surface area contributed by atoms with E-state index in [9.17, 15) is 0 Å². The molecular weight excluding hydrogens is 262 g/mol. The molecule has 0 atom stereocenters. The Kier molecular flexibility index (Phi) is 3.75. The predicted molar refractivity (Wildman–Crippen MR) is 84.2 cm³/mol. The van der Waals surface area contributed by atoms with Crippen molar-refractivity contribution in [2.45, 2.75) is 26.9 Å². The highest BCUT2D eigenvalue weighted by Crippen LogP contribution is 2.21. The van der Waals surface area contributed by atoms with Gasteiger partial charge in [-0.2, -0.15) is 0 Å². The number of nitrogens with one attached hydrogen (secondary N) is 1. The topological polar surface area (TPSA) is 47.7 Å². The van der Waals surface area contributed by atoms with Crippen LogP contribution in [-0.2, 0) is 20.1 Å². The second-order valence-electron chi connectivity index (χ2n) is 5.30. The molecule has 3 rings (SSSR count). The summed E-state index contributed by atoms with van der Waals surface area (Å²) in [4.78, 5) is 0. The van der Waals surface area contributed by atoms with Gasteiger partial charge in [0.2, 0.25) is 0 Å². The smallest absolute Gasteiger partial charge is 0.152 e. The van der Waals surface area contributed by atoms with Crippen molar-refractivity contribution in [1.29, 1.82) is 0 Å². The lowest BCUT2D eigenvalue weighted by Crippen LogP contribution is -2.13. The Morgan fingerprint density at radius 2 is 2.05 bits per heavy atom. The van der Waals surface area contributed by atoms with Crippen LogP contribution in [0.4, 0.5) is 0 Å². The number of aromatic nitrogens is 4. The fourth-order valence-electron chi connectivity index (χ4n) is 2.62. The summed E-state index contributed by atoms with van der Waals surface area (Å²) in [6.45, 7) is 6.70. The van der Waals surface area contributed by atoms with Gasteiger partial charge in [0.25, 0.3) is 0 Å². The molecule has 5 nitrogen and oxygen atoms in total. The second-order valence-corrected chi connectivity index (χ2v) is 5.30. The van der Waals surface area contributed by atoms with Crippen LogP contribution in [0.5, 0.6) is 0 Å². The predicted octanol–water partition coefficient (Wildman–Crippen LogP) is 2.24. The molecule has 0 aliphatic heterocycles. The molecule has 0 spiro atoms. The molecule has 0 bridgehead atoms. The van der Waals surface area contributed by atoms with Crippen LogP contribution in [0.3, 0.4) is 0 Å². The highest BCUT2D eigenvalue weighted by atomic mass is 15.3. The van der Waals surface area contributed by atoms with Crippen molar-refractivity contribution in [1.82, 2.24) is 24.6 Å². The largest absolute Gasteiger partial charge is 0.340 e. The third kappa shape index (κ3) is 2.56. The van der Waals surface area contributed by atoms with E-state index in [1.54, 1.807) is 0 Å². The lowest BCUT2D eigenvalue weighted by atomic mass is 10.1. The maximum absolute atomic E-state index is 4.27. The molecule has 3 aromatic rings. The first kappa shape index (κ1) is 13.8. The Bertz CT molecular complexity index is 753. The van der Waals surface area contributed by atoms with Gasteiger partial charge in [0.1, 0.15) is 5.82 Å². The van der Waals surface area contributed by atoms with Gasteiger partial charge in [-0.05, 0) is 30.5 Å². The highest BCUT2D eigenvalue weighted by molar-refractivity contribution is 5.83. The quantitative estimate of drug-likeness (QED) is 0.781. The molecule has 0 unspecified atom stereocenters. The summed E-state index contributed by atoms with van der Waals surface area (Å²) in [6, 6.07) is 8.62. The molecule has 1 aromatic carbocycles. The molecule has 0 aliphatic rings. The van der Waals surface area contributed by atoms with Crippen LogP contribution in [-0.4, -0.2) is 25.9 Å². The zero-order valence-corrected chi connectivity index (χ0v) is 12.8. The van der Waals surface area contributed by atoms with Crippen LogP contribution in [0.2, 0.25) is 0 Å². The average molecular weight is 283 g/mol. The van der Waals surface area contributed by atoms with Gasteiger partial charge >= 0.3 is 0 Å². The van der Waals surface area contributed by atoms with Gasteiger partial charge in [-0.3, -0.25) is 0 Å². The number of rotatable bonds is 5.